The molecule has 0 saturated carbocycles. The predicted octanol–water partition coefficient (Wildman–Crippen LogP) is 9.41. The third-order valence-electron chi connectivity index (χ3n) is 7.37. The molecule has 0 unspecified atom stereocenters. The molecule has 0 radical (unpaired) electrons. The summed E-state index contributed by atoms with van der Waals surface area (Å²) in [6, 6.07) is 38.0. The van der Waals surface area contributed by atoms with Gasteiger partial charge < -0.3 is 8.98 Å². The lowest BCUT2D eigenvalue weighted by atomic mass is 9.96. The number of fused-ring (bicyclic) bond motifs is 6. The molecule has 0 atom stereocenters. The Bertz CT molecular complexity index is 2190. The molecule has 0 spiro atoms. The van der Waals surface area contributed by atoms with Gasteiger partial charge in [0.1, 0.15) is 11.2 Å². The van der Waals surface area contributed by atoms with Gasteiger partial charge in [-0.3, -0.25) is 9.97 Å². The minimum Gasteiger partial charge on any atom is -0.456 e. The third kappa shape index (κ3) is 3.57. The monoisotopic (exact) mass is 613 g/mol. The average molecular weight is 613 g/mol. The summed E-state index contributed by atoms with van der Waals surface area (Å²) in [6.07, 6.45) is 3.71. The van der Waals surface area contributed by atoms with Gasteiger partial charge in [-0.15, -0.1) is 0 Å². The van der Waals surface area contributed by atoms with E-state index in [1.54, 1.807) is 0 Å². The Labute approximate surface area is 237 Å². The van der Waals surface area contributed by atoms with Crippen LogP contribution in [0.5, 0.6) is 0 Å². The second-order valence-corrected chi connectivity index (χ2v) is 10.9. The van der Waals surface area contributed by atoms with Crippen molar-refractivity contribution in [2.24, 2.45) is 0 Å². The van der Waals surface area contributed by atoms with E-state index in [0.29, 0.717) is 0 Å². The SMILES string of the molecule is Ic1ccc2oc3ccc(-n4c5ccc(-c6ccccc6-c6ccccn6)cc5c5ncccc54)cc3c2c1. The van der Waals surface area contributed by atoms with Crippen LogP contribution in [-0.2, 0) is 0 Å². The predicted molar refractivity (Wildman–Crippen MR) is 167 cm³/mol. The van der Waals surface area contributed by atoms with E-state index in [1.807, 2.05) is 36.7 Å². The Morgan fingerprint density at radius 2 is 1.38 bits per heavy atom. The Hall–Kier alpha value is -4.49. The van der Waals surface area contributed by atoms with Gasteiger partial charge in [0.25, 0.3) is 0 Å². The van der Waals surface area contributed by atoms with Crippen LogP contribution in [0, 0.1) is 3.57 Å². The van der Waals surface area contributed by atoms with Crippen molar-refractivity contribution in [1.82, 2.24) is 14.5 Å². The number of rotatable bonds is 3. The fourth-order valence-corrected chi connectivity index (χ4v) is 6.13. The van der Waals surface area contributed by atoms with Crippen LogP contribution in [0.4, 0.5) is 0 Å². The van der Waals surface area contributed by atoms with Gasteiger partial charge in [0.2, 0.25) is 0 Å². The molecule has 0 aliphatic carbocycles. The van der Waals surface area contributed by atoms with Gasteiger partial charge >= 0.3 is 0 Å². The molecule has 8 rings (SSSR count). The maximum atomic E-state index is 6.14. The van der Waals surface area contributed by atoms with Crippen molar-refractivity contribution in [2.75, 3.05) is 0 Å². The lowest BCUT2D eigenvalue weighted by molar-refractivity contribution is 0.669. The number of benzene rings is 4. The summed E-state index contributed by atoms with van der Waals surface area (Å²) in [4.78, 5) is 9.45. The van der Waals surface area contributed by atoms with Crippen LogP contribution in [0.2, 0.25) is 0 Å². The topological polar surface area (TPSA) is 43.9 Å². The molecule has 0 bridgehead atoms. The number of aromatic nitrogens is 3. The number of pyridine rings is 2. The number of halogens is 1. The molecule has 4 aromatic heterocycles. The first-order chi connectivity index (χ1) is 19.2. The Morgan fingerprint density at radius 3 is 2.26 bits per heavy atom. The summed E-state index contributed by atoms with van der Waals surface area (Å²) in [5, 5.41) is 3.36. The molecule has 0 aliphatic heterocycles. The van der Waals surface area contributed by atoms with Gasteiger partial charge in [0.05, 0.1) is 22.2 Å². The van der Waals surface area contributed by atoms with E-state index in [1.165, 1.54) is 3.57 Å². The van der Waals surface area contributed by atoms with Crippen LogP contribution in [0.25, 0.3) is 71.9 Å². The van der Waals surface area contributed by atoms with E-state index < -0.39 is 0 Å². The van der Waals surface area contributed by atoms with Crippen LogP contribution >= 0.6 is 22.6 Å². The zero-order valence-electron chi connectivity index (χ0n) is 20.7. The number of nitrogens with zero attached hydrogens (tertiary/aromatic N) is 3. The summed E-state index contributed by atoms with van der Waals surface area (Å²) in [6.45, 7) is 0. The molecule has 4 heterocycles. The molecule has 5 heteroatoms. The molecular formula is C34H20IN3O. The Balaban J connectivity index is 1.37. The molecule has 39 heavy (non-hydrogen) atoms. The minimum atomic E-state index is 0.892. The molecule has 0 saturated heterocycles. The van der Waals surface area contributed by atoms with Crippen molar-refractivity contribution in [2.45, 2.75) is 0 Å². The average Bonchev–Trinajstić information content (AvgIpc) is 3.52. The zero-order valence-corrected chi connectivity index (χ0v) is 22.8. The second-order valence-electron chi connectivity index (χ2n) is 9.62. The molecule has 0 amide bonds. The summed E-state index contributed by atoms with van der Waals surface area (Å²) in [7, 11) is 0. The lowest BCUT2D eigenvalue weighted by Gasteiger charge is -2.11. The van der Waals surface area contributed by atoms with Crippen molar-refractivity contribution >= 4 is 66.5 Å². The van der Waals surface area contributed by atoms with Crippen LogP contribution < -0.4 is 0 Å². The highest BCUT2D eigenvalue weighted by molar-refractivity contribution is 14.1. The normalized spacial score (nSPS) is 11.7. The summed E-state index contributed by atoms with van der Waals surface area (Å²) in [5.74, 6) is 0. The lowest BCUT2D eigenvalue weighted by Crippen LogP contribution is -1.93. The maximum absolute atomic E-state index is 6.14. The zero-order chi connectivity index (χ0) is 25.9. The third-order valence-corrected chi connectivity index (χ3v) is 8.04. The Kier molecular flexibility index (Phi) is 5.06. The number of furan rings is 1. The van der Waals surface area contributed by atoms with Crippen molar-refractivity contribution in [3.8, 4) is 28.1 Å². The van der Waals surface area contributed by atoms with E-state index in [9.17, 15) is 0 Å². The minimum absolute atomic E-state index is 0.892. The summed E-state index contributed by atoms with van der Waals surface area (Å²) in [5.41, 5.74) is 10.4. The van der Waals surface area contributed by atoms with Crippen LogP contribution in [-0.4, -0.2) is 14.5 Å². The summed E-state index contributed by atoms with van der Waals surface area (Å²) >= 11 is 2.35. The van der Waals surface area contributed by atoms with Gasteiger partial charge in [-0.2, -0.15) is 0 Å². The maximum Gasteiger partial charge on any atom is 0.135 e. The summed E-state index contributed by atoms with van der Waals surface area (Å²) < 4.78 is 9.63. The van der Waals surface area contributed by atoms with E-state index in [2.05, 4.69) is 117 Å². The fraction of sp³-hybridized carbons (Fsp3) is 0. The Morgan fingerprint density at radius 1 is 0.590 bits per heavy atom. The van der Waals surface area contributed by atoms with E-state index >= 15 is 0 Å². The molecule has 8 aromatic rings. The quantitative estimate of drug-likeness (QED) is 0.187. The first kappa shape index (κ1) is 22.5. The van der Waals surface area contributed by atoms with Crippen molar-refractivity contribution in [3.05, 3.63) is 125 Å². The van der Waals surface area contributed by atoms with E-state index in [0.717, 1.165) is 71.9 Å². The fourth-order valence-electron chi connectivity index (χ4n) is 5.64. The number of hydrogen-bond acceptors (Lipinski definition) is 3. The van der Waals surface area contributed by atoms with Crippen LogP contribution in [0.3, 0.4) is 0 Å². The molecule has 0 aliphatic rings. The highest BCUT2D eigenvalue weighted by Crippen LogP contribution is 2.38. The van der Waals surface area contributed by atoms with Crippen molar-refractivity contribution in [1.29, 1.82) is 0 Å². The molecule has 0 N–H and O–H groups in total. The molecule has 4 aromatic carbocycles. The van der Waals surface area contributed by atoms with E-state index in [4.69, 9.17) is 9.40 Å². The first-order valence-corrected chi connectivity index (χ1v) is 13.8. The molecule has 4 nitrogen and oxygen atoms in total. The molecular weight excluding hydrogens is 593 g/mol. The van der Waals surface area contributed by atoms with Gasteiger partial charge in [-0.05, 0) is 107 Å². The molecule has 0 fully saturated rings. The van der Waals surface area contributed by atoms with Crippen molar-refractivity contribution in [3.63, 3.8) is 0 Å². The smallest absolute Gasteiger partial charge is 0.135 e. The highest BCUT2D eigenvalue weighted by Gasteiger charge is 2.17. The van der Waals surface area contributed by atoms with Gasteiger partial charge in [0.15, 0.2) is 0 Å². The molecule has 184 valence electrons. The first-order valence-electron chi connectivity index (χ1n) is 12.8. The standard InChI is InChI=1S/C34H20IN3O/c35-22-11-14-32-26(19-22)27-20-23(12-15-33(27)39-32)38-30-13-10-21(18-28(30)34-31(38)9-5-17-37-34)24-6-1-2-7-25(24)29-8-3-4-16-36-29/h1-20H. The van der Waals surface area contributed by atoms with Crippen molar-refractivity contribution < 1.29 is 4.42 Å². The van der Waals surface area contributed by atoms with Gasteiger partial charge in [-0.1, -0.05) is 36.4 Å². The van der Waals surface area contributed by atoms with Crippen LogP contribution in [0.15, 0.2) is 126 Å². The number of hydrogen-bond donors (Lipinski definition) is 0. The largest absolute Gasteiger partial charge is 0.456 e. The van der Waals surface area contributed by atoms with Crippen LogP contribution in [0.1, 0.15) is 0 Å². The van der Waals surface area contributed by atoms with Gasteiger partial charge in [-0.25, -0.2) is 0 Å². The highest BCUT2D eigenvalue weighted by atomic mass is 127. The van der Waals surface area contributed by atoms with Gasteiger partial charge in [0, 0.05) is 43.4 Å². The van der Waals surface area contributed by atoms with E-state index in [-0.39, 0.29) is 0 Å². The second kappa shape index (κ2) is 8.78.